The van der Waals surface area contributed by atoms with E-state index in [1.54, 1.807) is 29.2 Å². The number of carbonyl (C=O) groups excluding carboxylic acids is 1. The van der Waals surface area contributed by atoms with Crippen LogP contribution in [0.4, 0.5) is 0 Å². The van der Waals surface area contributed by atoms with E-state index in [1.807, 2.05) is 19.1 Å². The minimum atomic E-state index is -0.465. The highest BCUT2D eigenvalue weighted by Gasteiger charge is 2.28. The van der Waals surface area contributed by atoms with E-state index >= 15 is 0 Å². The molecule has 29 heavy (non-hydrogen) atoms. The molecule has 1 fully saturated rings. The monoisotopic (exact) mass is 394 g/mol. The number of hydrogen-bond acceptors (Lipinski definition) is 5. The number of H-pyrrole nitrogens is 1. The van der Waals surface area contributed by atoms with Crippen molar-refractivity contribution in [3.8, 4) is 5.75 Å². The molecule has 150 valence electrons. The summed E-state index contributed by atoms with van der Waals surface area (Å²) in [6, 6.07) is 10.2. The van der Waals surface area contributed by atoms with Gasteiger partial charge in [-0.05, 0) is 44.0 Å². The van der Waals surface area contributed by atoms with Crippen molar-refractivity contribution >= 4 is 16.9 Å². The molecule has 1 saturated heterocycles. The van der Waals surface area contributed by atoms with Gasteiger partial charge in [-0.2, -0.15) is 0 Å². The highest BCUT2D eigenvalue weighted by molar-refractivity contribution is 5.97. The summed E-state index contributed by atoms with van der Waals surface area (Å²) in [6.07, 6.45) is 2.58. The summed E-state index contributed by atoms with van der Waals surface area (Å²) in [4.78, 5) is 46.7. The average molecular weight is 394 g/mol. The van der Waals surface area contributed by atoms with Gasteiger partial charge in [-0.15, -0.1) is 0 Å². The zero-order chi connectivity index (χ0) is 20.4. The molecular weight excluding hydrogens is 372 g/mol. The molecule has 0 radical (unpaired) electrons. The first kappa shape index (κ1) is 18.9. The summed E-state index contributed by atoms with van der Waals surface area (Å²) in [5, 5.41) is 0.385. The van der Waals surface area contributed by atoms with Crippen LogP contribution in [0.5, 0.6) is 5.75 Å². The van der Waals surface area contributed by atoms with Gasteiger partial charge in [-0.3, -0.25) is 19.1 Å². The van der Waals surface area contributed by atoms with Gasteiger partial charge in [0.25, 0.3) is 11.5 Å². The first-order valence-corrected chi connectivity index (χ1v) is 9.70. The minimum absolute atomic E-state index is 0.100. The van der Waals surface area contributed by atoms with Crippen LogP contribution in [0.2, 0.25) is 0 Å². The van der Waals surface area contributed by atoms with E-state index in [1.165, 1.54) is 10.8 Å². The molecule has 0 saturated carbocycles. The Kier molecular flexibility index (Phi) is 5.16. The Bertz CT molecular complexity index is 1160. The van der Waals surface area contributed by atoms with Crippen LogP contribution in [0.3, 0.4) is 0 Å². The molecule has 0 bridgehead atoms. The fourth-order valence-corrected chi connectivity index (χ4v) is 3.81. The van der Waals surface area contributed by atoms with E-state index in [2.05, 4.69) is 9.97 Å². The molecule has 1 amide bonds. The molecule has 3 aromatic rings. The van der Waals surface area contributed by atoms with Crippen LogP contribution in [-0.2, 0) is 0 Å². The fourth-order valence-electron chi connectivity index (χ4n) is 3.81. The SMILES string of the molecule is CCOc1ccccc1C(=O)N1CCC(n2c(=O)[nH]c3ncccc3c2=O)CC1. The third-order valence-corrected chi connectivity index (χ3v) is 5.24. The Morgan fingerprint density at radius 2 is 1.93 bits per heavy atom. The van der Waals surface area contributed by atoms with E-state index in [0.717, 1.165) is 0 Å². The number of para-hydroxylation sites is 1. The quantitative estimate of drug-likeness (QED) is 0.730. The summed E-state index contributed by atoms with van der Waals surface area (Å²) < 4.78 is 6.83. The van der Waals surface area contributed by atoms with Crippen LogP contribution in [-0.4, -0.2) is 45.0 Å². The predicted octanol–water partition coefficient (Wildman–Crippen LogP) is 1.96. The Morgan fingerprint density at radius 1 is 1.17 bits per heavy atom. The van der Waals surface area contributed by atoms with Gasteiger partial charge in [0, 0.05) is 25.3 Å². The zero-order valence-electron chi connectivity index (χ0n) is 16.1. The van der Waals surface area contributed by atoms with Gasteiger partial charge in [0.2, 0.25) is 0 Å². The Hall–Kier alpha value is -3.42. The predicted molar refractivity (Wildman–Crippen MR) is 108 cm³/mol. The van der Waals surface area contributed by atoms with E-state index in [9.17, 15) is 14.4 Å². The van der Waals surface area contributed by atoms with Crippen molar-refractivity contribution in [3.63, 3.8) is 0 Å². The van der Waals surface area contributed by atoms with Gasteiger partial charge in [-0.25, -0.2) is 9.78 Å². The number of hydrogen-bond donors (Lipinski definition) is 1. The molecule has 0 atom stereocenters. The molecule has 3 heterocycles. The number of likely N-dealkylation sites (tertiary alicyclic amines) is 1. The van der Waals surface area contributed by atoms with Crippen LogP contribution in [0.15, 0.2) is 52.2 Å². The van der Waals surface area contributed by atoms with E-state index < -0.39 is 5.69 Å². The van der Waals surface area contributed by atoms with Gasteiger partial charge >= 0.3 is 5.69 Å². The number of piperidine rings is 1. The van der Waals surface area contributed by atoms with Crippen molar-refractivity contribution in [2.45, 2.75) is 25.8 Å². The number of rotatable bonds is 4. The van der Waals surface area contributed by atoms with Crippen LogP contribution < -0.4 is 16.0 Å². The van der Waals surface area contributed by atoms with Gasteiger partial charge in [-0.1, -0.05) is 12.1 Å². The lowest BCUT2D eigenvalue weighted by Gasteiger charge is -2.32. The second kappa shape index (κ2) is 7.90. The summed E-state index contributed by atoms with van der Waals surface area (Å²) in [7, 11) is 0. The molecule has 8 nitrogen and oxygen atoms in total. The number of pyridine rings is 1. The Morgan fingerprint density at radius 3 is 2.69 bits per heavy atom. The molecule has 1 aliphatic heterocycles. The number of nitrogens with zero attached hydrogens (tertiary/aromatic N) is 3. The highest BCUT2D eigenvalue weighted by Crippen LogP contribution is 2.25. The molecule has 1 aliphatic rings. The third-order valence-electron chi connectivity index (χ3n) is 5.24. The maximum absolute atomic E-state index is 12.9. The number of carbonyl (C=O) groups is 1. The van der Waals surface area contributed by atoms with Crippen molar-refractivity contribution in [2.75, 3.05) is 19.7 Å². The Labute approximate surface area is 166 Å². The second-order valence-electron chi connectivity index (χ2n) is 6.96. The number of benzene rings is 1. The third kappa shape index (κ3) is 3.53. The van der Waals surface area contributed by atoms with Crippen LogP contribution in [0.25, 0.3) is 11.0 Å². The molecule has 4 rings (SSSR count). The van der Waals surface area contributed by atoms with E-state index in [-0.39, 0.29) is 17.5 Å². The molecule has 1 aromatic carbocycles. The van der Waals surface area contributed by atoms with Gasteiger partial charge in [0.05, 0.1) is 17.6 Å². The smallest absolute Gasteiger partial charge is 0.330 e. The maximum atomic E-state index is 12.9. The molecule has 0 spiro atoms. The van der Waals surface area contributed by atoms with Gasteiger partial charge in [0.1, 0.15) is 11.4 Å². The fraction of sp³-hybridized carbons (Fsp3) is 0.333. The average Bonchev–Trinajstić information content (AvgIpc) is 2.74. The van der Waals surface area contributed by atoms with Crippen molar-refractivity contribution in [2.24, 2.45) is 0 Å². The standard InChI is InChI=1S/C21H22N4O4/c1-2-29-17-8-4-3-6-15(17)19(26)24-12-9-14(10-13-24)25-20(27)16-7-5-11-22-18(16)23-21(25)28/h3-8,11,14H,2,9-10,12-13H2,1H3,(H,22,23,28). The largest absolute Gasteiger partial charge is 0.493 e. The van der Waals surface area contributed by atoms with Crippen LogP contribution in [0.1, 0.15) is 36.2 Å². The van der Waals surface area contributed by atoms with Crippen LogP contribution in [0, 0.1) is 0 Å². The molecule has 2 aromatic heterocycles. The van der Waals surface area contributed by atoms with Crippen molar-refractivity contribution in [3.05, 3.63) is 69.0 Å². The van der Waals surface area contributed by atoms with E-state index in [0.29, 0.717) is 54.9 Å². The van der Waals surface area contributed by atoms with Crippen molar-refractivity contribution < 1.29 is 9.53 Å². The zero-order valence-corrected chi connectivity index (χ0v) is 16.1. The van der Waals surface area contributed by atoms with Crippen LogP contribution >= 0.6 is 0 Å². The summed E-state index contributed by atoms with van der Waals surface area (Å²) in [6.45, 7) is 3.28. The highest BCUT2D eigenvalue weighted by atomic mass is 16.5. The number of ether oxygens (including phenoxy) is 1. The second-order valence-corrected chi connectivity index (χ2v) is 6.96. The van der Waals surface area contributed by atoms with Crippen molar-refractivity contribution in [1.82, 2.24) is 19.4 Å². The molecule has 0 aliphatic carbocycles. The molecular formula is C21H22N4O4. The number of nitrogens with one attached hydrogen (secondary N) is 1. The number of aromatic nitrogens is 3. The first-order valence-electron chi connectivity index (χ1n) is 9.70. The summed E-state index contributed by atoms with van der Waals surface area (Å²) in [5.74, 6) is 0.466. The summed E-state index contributed by atoms with van der Waals surface area (Å²) >= 11 is 0. The van der Waals surface area contributed by atoms with Crippen molar-refractivity contribution in [1.29, 1.82) is 0 Å². The lowest BCUT2D eigenvalue weighted by molar-refractivity contribution is 0.0688. The lowest BCUT2D eigenvalue weighted by atomic mass is 10.0. The normalized spacial score (nSPS) is 14.9. The molecule has 8 heteroatoms. The first-order chi connectivity index (χ1) is 14.1. The lowest BCUT2D eigenvalue weighted by Crippen LogP contribution is -2.45. The molecule has 1 N–H and O–H groups in total. The molecule has 0 unspecified atom stereocenters. The number of amides is 1. The number of fused-ring (bicyclic) bond motifs is 1. The van der Waals surface area contributed by atoms with Gasteiger partial charge < -0.3 is 9.64 Å². The minimum Gasteiger partial charge on any atom is -0.493 e. The summed E-state index contributed by atoms with van der Waals surface area (Å²) in [5.41, 5.74) is 0.00877. The van der Waals surface area contributed by atoms with Gasteiger partial charge in [0.15, 0.2) is 0 Å². The topological polar surface area (TPSA) is 97.3 Å². The Balaban J connectivity index is 1.55. The van der Waals surface area contributed by atoms with E-state index in [4.69, 9.17) is 4.74 Å². The number of aromatic amines is 1. The maximum Gasteiger partial charge on any atom is 0.330 e.